The Labute approximate surface area is 102 Å². The lowest BCUT2D eigenvalue weighted by Gasteiger charge is -2.14. The van der Waals surface area contributed by atoms with Gasteiger partial charge in [-0.05, 0) is 48.6 Å². The molecule has 0 bridgehead atoms. The summed E-state index contributed by atoms with van der Waals surface area (Å²) < 4.78 is 0. The van der Waals surface area contributed by atoms with Crippen LogP contribution in [0, 0.1) is 6.92 Å². The van der Waals surface area contributed by atoms with E-state index < -0.39 is 0 Å². The molecule has 0 saturated heterocycles. The van der Waals surface area contributed by atoms with Gasteiger partial charge in [0.05, 0.1) is 6.04 Å². The molecule has 0 amide bonds. The van der Waals surface area contributed by atoms with Gasteiger partial charge in [0.25, 0.3) is 0 Å². The van der Waals surface area contributed by atoms with Crippen LogP contribution in [0.5, 0.6) is 0 Å². The second kappa shape index (κ2) is 4.21. The fraction of sp³-hybridized carbons (Fsp3) is 0.267. The molecule has 1 aromatic carbocycles. The molecule has 2 heteroatoms. The first-order chi connectivity index (χ1) is 8.33. The Morgan fingerprint density at radius 2 is 2.12 bits per heavy atom. The van der Waals surface area contributed by atoms with Gasteiger partial charge in [-0.15, -0.1) is 0 Å². The van der Waals surface area contributed by atoms with Crippen molar-refractivity contribution >= 4 is 5.82 Å². The Morgan fingerprint density at radius 3 is 3.00 bits per heavy atom. The number of aromatic nitrogens is 1. The van der Waals surface area contributed by atoms with E-state index in [1.165, 1.54) is 23.1 Å². The minimum absolute atomic E-state index is 0.417. The van der Waals surface area contributed by atoms with E-state index in [0.717, 1.165) is 12.2 Å². The van der Waals surface area contributed by atoms with Crippen molar-refractivity contribution < 1.29 is 0 Å². The van der Waals surface area contributed by atoms with Crippen molar-refractivity contribution in [1.29, 1.82) is 0 Å². The summed E-state index contributed by atoms with van der Waals surface area (Å²) in [5.74, 6) is 0.978. The summed E-state index contributed by atoms with van der Waals surface area (Å²) in [5, 5.41) is 3.53. The zero-order valence-corrected chi connectivity index (χ0v) is 9.98. The van der Waals surface area contributed by atoms with E-state index in [1.807, 2.05) is 12.3 Å². The van der Waals surface area contributed by atoms with Gasteiger partial charge in [-0.3, -0.25) is 0 Å². The first-order valence-electron chi connectivity index (χ1n) is 6.10. The number of fused-ring (bicyclic) bond motifs is 1. The number of nitrogens with one attached hydrogen (secondary N) is 1. The summed E-state index contributed by atoms with van der Waals surface area (Å²) in [6, 6.07) is 13.2. The summed E-state index contributed by atoms with van der Waals surface area (Å²) in [6.45, 7) is 2.09. The molecule has 1 N–H and O–H groups in total. The minimum atomic E-state index is 0.417. The van der Waals surface area contributed by atoms with Crippen LogP contribution in [0.2, 0.25) is 0 Å². The number of aryl methyl sites for hydroxylation is 2. The zero-order chi connectivity index (χ0) is 11.7. The fourth-order valence-corrected chi connectivity index (χ4v) is 2.50. The van der Waals surface area contributed by atoms with Crippen LogP contribution in [-0.2, 0) is 6.42 Å². The average Bonchev–Trinajstić information content (AvgIpc) is 2.73. The maximum atomic E-state index is 4.36. The highest BCUT2D eigenvalue weighted by atomic mass is 15.0. The zero-order valence-electron chi connectivity index (χ0n) is 9.98. The molecule has 1 atom stereocenters. The largest absolute Gasteiger partial charge is 0.363 e. The maximum Gasteiger partial charge on any atom is 0.126 e. The number of hydrogen-bond acceptors (Lipinski definition) is 2. The number of benzene rings is 1. The number of rotatable bonds is 2. The second-order valence-corrected chi connectivity index (χ2v) is 4.65. The van der Waals surface area contributed by atoms with Crippen LogP contribution in [0.4, 0.5) is 5.82 Å². The lowest BCUT2D eigenvalue weighted by Crippen LogP contribution is -2.08. The van der Waals surface area contributed by atoms with Gasteiger partial charge in [0, 0.05) is 6.20 Å². The summed E-state index contributed by atoms with van der Waals surface area (Å²) in [7, 11) is 0. The van der Waals surface area contributed by atoms with Crippen molar-refractivity contribution in [3.63, 3.8) is 0 Å². The van der Waals surface area contributed by atoms with E-state index in [0.29, 0.717) is 6.04 Å². The molecule has 0 aliphatic heterocycles. The topological polar surface area (TPSA) is 24.9 Å². The maximum absolute atomic E-state index is 4.36. The third kappa shape index (κ3) is 2.03. The van der Waals surface area contributed by atoms with Gasteiger partial charge in [-0.25, -0.2) is 4.98 Å². The Bertz CT molecular complexity index is 534. The first-order valence-corrected chi connectivity index (χ1v) is 6.10. The third-order valence-electron chi connectivity index (χ3n) is 3.37. The van der Waals surface area contributed by atoms with E-state index in [9.17, 15) is 0 Å². The molecule has 0 radical (unpaired) electrons. The molecular formula is C15H16N2. The van der Waals surface area contributed by atoms with Gasteiger partial charge in [0.1, 0.15) is 5.82 Å². The van der Waals surface area contributed by atoms with E-state index in [-0.39, 0.29) is 0 Å². The van der Waals surface area contributed by atoms with Crippen LogP contribution in [-0.4, -0.2) is 4.98 Å². The second-order valence-electron chi connectivity index (χ2n) is 4.65. The molecule has 1 aliphatic carbocycles. The number of nitrogens with zero attached hydrogens (tertiary/aromatic N) is 1. The molecule has 1 aliphatic rings. The molecule has 2 nitrogen and oxygen atoms in total. The third-order valence-corrected chi connectivity index (χ3v) is 3.37. The molecule has 0 saturated carbocycles. The van der Waals surface area contributed by atoms with E-state index in [4.69, 9.17) is 0 Å². The van der Waals surface area contributed by atoms with Crippen molar-refractivity contribution in [2.75, 3.05) is 5.32 Å². The van der Waals surface area contributed by atoms with Crippen molar-refractivity contribution in [3.05, 3.63) is 59.3 Å². The predicted octanol–water partition coefficient (Wildman–Crippen LogP) is 3.49. The lowest BCUT2D eigenvalue weighted by atomic mass is 10.1. The molecule has 1 heterocycles. The Hall–Kier alpha value is -1.83. The molecule has 2 aromatic rings. The molecular weight excluding hydrogens is 208 g/mol. The molecule has 17 heavy (non-hydrogen) atoms. The number of hydrogen-bond donors (Lipinski definition) is 1. The summed E-state index contributed by atoms with van der Waals surface area (Å²) in [6.07, 6.45) is 4.19. The Morgan fingerprint density at radius 1 is 1.24 bits per heavy atom. The average molecular weight is 224 g/mol. The SMILES string of the molecule is Cc1ccnc(N[C@H]2CCc3ccccc32)c1. The Kier molecular flexibility index (Phi) is 2.56. The number of pyridine rings is 1. The smallest absolute Gasteiger partial charge is 0.126 e. The van der Waals surface area contributed by atoms with Gasteiger partial charge in [0.2, 0.25) is 0 Å². The predicted molar refractivity (Wildman–Crippen MR) is 70.1 cm³/mol. The standard InChI is InChI=1S/C15H16N2/c1-11-8-9-16-15(10-11)17-14-7-6-12-4-2-3-5-13(12)14/h2-5,8-10,14H,6-7H2,1H3,(H,16,17)/t14-/m0/s1. The van der Waals surface area contributed by atoms with Crippen molar-refractivity contribution in [3.8, 4) is 0 Å². The highest BCUT2D eigenvalue weighted by molar-refractivity contribution is 5.44. The van der Waals surface area contributed by atoms with Crippen LogP contribution in [0.15, 0.2) is 42.6 Å². The Balaban J connectivity index is 1.84. The first kappa shape index (κ1) is 10.3. The van der Waals surface area contributed by atoms with Crippen LogP contribution in [0.3, 0.4) is 0 Å². The number of anilines is 1. The lowest BCUT2D eigenvalue weighted by molar-refractivity contribution is 0.757. The molecule has 0 fully saturated rings. The van der Waals surface area contributed by atoms with Crippen molar-refractivity contribution in [2.45, 2.75) is 25.8 Å². The molecule has 86 valence electrons. The quantitative estimate of drug-likeness (QED) is 0.844. The summed E-state index contributed by atoms with van der Waals surface area (Å²) >= 11 is 0. The molecule has 0 spiro atoms. The molecule has 0 unspecified atom stereocenters. The van der Waals surface area contributed by atoms with Gasteiger partial charge in [-0.1, -0.05) is 24.3 Å². The highest BCUT2D eigenvalue weighted by Gasteiger charge is 2.21. The molecule has 1 aromatic heterocycles. The van der Waals surface area contributed by atoms with Crippen LogP contribution >= 0.6 is 0 Å². The van der Waals surface area contributed by atoms with Crippen LogP contribution in [0.1, 0.15) is 29.2 Å². The van der Waals surface area contributed by atoms with Gasteiger partial charge in [-0.2, -0.15) is 0 Å². The van der Waals surface area contributed by atoms with Gasteiger partial charge >= 0.3 is 0 Å². The van der Waals surface area contributed by atoms with Gasteiger partial charge in [0.15, 0.2) is 0 Å². The van der Waals surface area contributed by atoms with Crippen molar-refractivity contribution in [2.24, 2.45) is 0 Å². The van der Waals surface area contributed by atoms with Crippen LogP contribution in [0.25, 0.3) is 0 Å². The molecule has 3 rings (SSSR count). The van der Waals surface area contributed by atoms with Crippen LogP contribution < -0.4 is 5.32 Å². The normalized spacial score (nSPS) is 17.8. The highest BCUT2D eigenvalue weighted by Crippen LogP contribution is 2.33. The fourth-order valence-electron chi connectivity index (χ4n) is 2.50. The van der Waals surface area contributed by atoms with Crippen molar-refractivity contribution in [1.82, 2.24) is 4.98 Å². The van der Waals surface area contributed by atoms with Gasteiger partial charge < -0.3 is 5.32 Å². The monoisotopic (exact) mass is 224 g/mol. The van der Waals surface area contributed by atoms with E-state index in [1.54, 1.807) is 0 Å². The van der Waals surface area contributed by atoms with E-state index in [2.05, 4.69) is 47.6 Å². The summed E-state index contributed by atoms with van der Waals surface area (Å²) in [4.78, 5) is 4.36. The van der Waals surface area contributed by atoms with E-state index >= 15 is 0 Å². The summed E-state index contributed by atoms with van der Waals surface area (Å²) in [5.41, 5.74) is 4.14. The minimum Gasteiger partial charge on any atom is -0.363 e.